The lowest BCUT2D eigenvalue weighted by Crippen LogP contribution is -2.40. The molecule has 1 amide bonds. The van der Waals surface area contributed by atoms with E-state index in [1.807, 2.05) is 6.92 Å². The predicted molar refractivity (Wildman–Crippen MR) is 91.6 cm³/mol. The standard InChI is InChI=1S/C16H24N2O2S.ClH/c1-2-20-11-15(19)18(10-13-3-8-21-12-13)14-9-16(14)4-6-17-7-5-16;/h3,8,12,14,17H,2,4-7,9-11H2,1H3;1H. The second-order valence-electron chi connectivity index (χ2n) is 6.12. The second-order valence-corrected chi connectivity index (χ2v) is 6.90. The highest BCUT2D eigenvalue weighted by Crippen LogP contribution is 2.56. The summed E-state index contributed by atoms with van der Waals surface area (Å²) >= 11 is 1.69. The summed E-state index contributed by atoms with van der Waals surface area (Å²) in [4.78, 5) is 14.6. The van der Waals surface area contributed by atoms with E-state index in [1.165, 1.54) is 18.4 Å². The van der Waals surface area contributed by atoms with Crippen LogP contribution in [0.25, 0.3) is 0 Å². The minimum atomic E-state index is 0. The van der Waals surface area contributed by atoms with Gasteiger partial charge in [0.2, 0.25) is 5.91 Å². The van der Waals surface area contributed by atoms with Crippen molar-refractivity contribution in [2.24, 2.45) is 5.41 Å². The third kappa shape index (κ3) is 3.82. The maximum atomic E-state index is 12.5. The molecule has 1 N–H and O–H groups in total. The highest BCUT2D eigenvalue weighted by atomic mass is 35.5. The Kier molecular flexibility index (Phi) is 6.26. The van der Waals surface area contributed by atoms with Crippen molar-refractivity contribution >= 4 is 29.7 Å². The fraction of sp³-hybridized carbons (Fsp3) is 0.688. The van der Waals surface area contributed by atoms with Gasteiger partial charge in [-0.15, -0.1) is 12.4 Å². The summed E-state index contributed by atoms with van der Waals surface area (Å²) in [5.74, 6) is 0.142. The Morgan fingerprint density at radius 2 is 2.27 bits per heavy atom. The van der Waals surface area contributed by atoms with Gasteiger partial charge in [-0.05, 0) is 67.1 Å². The van der Waals surface area contributed by atoms with Crippen molar-refractivity contribution in [3.63, 3.8) is 0 Å². The van der Waals surface area contributed by atoms with Crippen LogP contribution in [-0.2, 0) is 16.1 Å². The molecule has 4 nitrogen and oxygen atoms in total. The summed E-state index contributed by atoms with van der Waals surface area (Å²) in [5, 5.41) is 7.64. The SMILES string of the molecule is CCOCC(=O)N(Cc1ccsc1)C1CC12CCNCC2.Cl. The number of halogens is 1. The zero-order valence-corrected chi connectivity index (χ0v) is 14.7. The van der Waals surface area contributed by atoms with Gasteiger partial charge in [0, 0.05) is 19.2 Å². The van der Waals surface area contributed by atoms with Crippen LogP contribution in [-0.4, -0.2) is 43.2 Å². The van der Waals surface area contributed by atoms with E-state index in [4.69, 9.17) is 4.74 Å². The number of rotatable bonds is 6. The van der Waals surface area contributed by atoms with E-state index in [0.717, 1.165) is 26.1 Å². The maximum Gasteiger partial charge on any atom is 0.249 e. The monoisotopic (exact) mass is 344 g/mol. The Bertz CT molecular complexity index is 475. The molecule has 124 valence electrons. The average Bonchev–Trinajstić information content (AvgIpc) is 2.95. The molecule has 1 saturated carbocycles. The number of piperidine rings is 1. The van der Waals surface area contributed by atoms with E-state index < -0.39 is 0 Å². The molecule has 0 aromatic carbocycles. The van der Waals surface area contributed by atoms with Gasteiger partial charge in [-0.2, -0.15) is 11.3 Å². The molecule has 1 atom stereocenters. The Morgan fingerprint density at radius 1 is 1.50 bits per heavy atom. The highest BCUT2D eigenvalue weighted by Gasteiger charge is 2.57. The first-order valence-electron chi connectivity index (χ1n) is 7.84. The molecule has 1 aliphatic carbocycles. The van der Waals surface area contributed by atoms with Crippen LogP contribution < -0.4 is 5.32 Å². The van der Waals surface area contributed by atoms with E-state index in [1.54, 1.807) is 11.3 Å². The highest BCUT2D eigenvalue weighted by molar-refractivity contribution is 7.07. The normalized spacial score (nSPS) is 22.1. The zero-order chi connectivity index (χ0) is 14.7. The number of ether oxygens (including phenoxy) is 1. The van der Waals surface area contributed by atoms with Crippen LogP contribution in [0.5, 0.6) is 0 Å². The summed E-state index contributed by atoms with van der Waals surface area (Å²) < 4.78 is 5.35. The van der Waals surface area contributed by atoms with E-state index in [9.17, 15) is 4.79 Å². The summed E-state index contributed by atoms with van der Waals surface area (Å²) in [6, 6.07) is 2.52. The summed E-state index contributed by atoms with van der Waals surface area (Å²) in [6.07, 6.45) is 3.55. The van der Waals surface area contributed by atoms with Crippen LogP contribution in [0.15, 0.2) is 16.8 Å². The van der Waals surface area contributed by atoms with Gasteiger partial charge in [-0.1, -0.05) is 0 Å². The minimum Gasteiger partial charge on any atom is -0.372 e. The molecule has 3 rings (SSSR count). The molecule has 2 heterocycles. The first-order chi connectivity index (χ1) is 10.2. The molecule has 2 aliphatic rings. The topological polar surface area (TPSA) is 41.6 Å². The molecule has 1 aliphatic heterocycles. The lowest BCUT2D eigenvalue weighted by Gasteiger charge is -2.29. The largest absolute Gasteiger partial charge is 0.372 e. The van der Waals surface area contributed by atoms with Gasteiger partial charge in [-0.3, -0.25) is 4.79 Å². The lowest BCUT2D eigenvalue weighted by molar-refractivity contribution is -0.138. The van der Waals surface area contributed by atoms with Crippen molar-refractivity contribution in [3.05, 3.63) is 22.4 Å². The van der Waals surface area contributed by atoms with Gasteiger partial charge in [0.05, 0.1) is 0 Å². The van der Waals surface area contributed by atoms with Crippen LogP contribution in [0.3, 0.4) is 0 Å². The molecule has 0 radical (unpaired) electrons. The molecular weight excluding hydrogens is 320 g/mol. The van der Waals surface area contributed by atoms with E-state index in [0.29, 0.717) is 18.1 Å². The molecular formula is C16H25ClN2O2S. The second kappa shape index (κ2) is 7.77. The number of hydrogen-bond donors (Lipinski definition) is 1. The zero-order valence-electron chi connectivity index (χ0n) is 13.0. The number of hydrogen-bond acceptors (Lipinski definition) is 4. The fourth-order valence-electron chi connectivity index (χ4n) is 3.45. The Labute approximate surface area is 142 Å². The van der Waals surface area contributed by atoms with Crippen LogP contribution in [0.2, 0.25) is 0 Å². The third-order valence-electron chi connectivity index (χ3n) is 4.81. The number of carbonyl (C=O) groups excluding carboxylic acids is 1. The lowest BCUT2D eigenvalue weighted by atomic mass is 9.93. The molecule has 1 saturated heterocycles. The Balaban J connectivity index is 0.00000176. The number of amides is 1. The minimum absolute atomic E-state index is 0. The number of nitrogens with one attached hydrogen (secondary N) is 1. The van der Waals surface area contributed by atoms with Crippen molar-refractivity contribution in [3.8, 4) is 0 Å². The van der Waals surface area contributed by atoms with Crippen molar-refractivity contribution in [1.29, 1.82) is 0 Å². The first kappa shape index (κ1) is 17.7. The summed E-state index contributed by atoms with van der Waals surface area (Å²) in [5.41, 5.74) is 1.62. The molecule has 22 heavy (non-hydrogen) atoms. The van der Waals surface area contributed by atoms with Gasteiger partial charge in [0.15, 0.2) is 0 Å². The Hall–Kier alpha value is -0.620. The molecule has 0 bridgehead atoms. The van der Waals surface area contributed by atoms with Gasteiger partial charge >= 0.3 is 0 Å². The molecule has 1 spiro atoms. The predicted octanol–water partition coefficient (Wildman–Crippen LogP) is 2.68. The van der Waals surface area contributed by atoms with Crippen molar-refractivity contribution in [1.82, 2.24) is 10.2 Å². The Morgan fingerprint density at radius 3 is 2.91 bits per heavy atom. The van der Waals surface area contributed by atoms with Crippen LogP contribution in [0.4, 0.5) is 0 Å². The maximum absolute atomic E-state index is 12.5. The number of carbonyl (C=O) groups is 1. The number of thiophene rings is 1. The van der Waals surface area contributed by atoms with Crippen molar-refractivity contribution < 1.29 is 9.53 Å². The number of nitrogens with zero attached hydrogens (tertiary/aromatic N) is 1. The quantitative estimate of drug-likeness (QED) is 0.862. The van der Waals surface area contributed by atoms with Gasteiger partial charge in [0.1, 0.15) is 6.61 Å². The smallest absolute Gasteiger partial charge is 0.249 e. The van der Waals surface area contributed by atoms with Crippen molar-refractivity contribution in [2.45, 2.75) is 38.8 Å². The van der Waals surface area contributed by atoms with Gasteiger partial charge in [0.25, 0.3) is 0 Å². The van der Waals surface area contributed by atoms with E-state index in [2.05, 4.69) is 27.0 Å². The van der Waals surface area contributed by atoms with Crippen LogP contribution >= 0.6 is 23.7 Å². The molecule has 1 unspecified atom stereocenters. The van der Waals surface area contributed by atoms with Crippen molar-refractivity contribution in [2.75, 3.05) is 26.3 Å². The third-order valence-corrected chi connectivity index (χ3v) is 5.54. The fourth-order valence-corrected chi connectivity index (χ4v) is 4.11. The average molecular weight is 345 g/mol. The van der Waals surface area contributed by atoms with E-state index in [-0.39, 0.29) is 24.9 Å². The van der Waals surface area contributed by atoms with Crippen LogP contribution in [0.1, 0.15) is 31.7 Å². The van der Waals surface area contributed by atoms with E-state index >= 15 is 0 Å². The summed E-state index contributed by atoms with van der Waals surface area (Å²) in [6.45, 7) is 5.64. The molecule has 2 fully saturated rings. The molecule has 6 heteroatoms. The van der Waals surface area contributed by atoms with Gasteiger partial charge in [-0.25, -0.2) is 0 Å². The van der Waals surface area contributed by atoms with Crippen LogP contribution in [0, 0.1) is 5.41 Å². The van der Waals surface area contributed by atoms with Gasteiger partial charge < -0.3 is 15.0 Å². The molecule has 1 aromatic rings. The first-order valence-corrected chi connectivity index (χ1v) is 8.78. The summed E-state index contributed by atoms with van der Waals surface area (Å²) in [7, 11) is 0. The molecule has 1 aromatic heterocycles.